The van der Waals surface area contributed by atoms with Crippen LogP contribution in [0.4, 0.5) is 0 Å². The molecule has 2 N–H and O–H groups in total. The third-order valence-electron chi connectivity index (χ3n) is 3.00. The van der Waals surface area contributed by atoms with Crippen LogP contribution in [0.2, 0.25) is 0 Å². The fourth-order valence-electron chi connectivity index (χ4n) is 1.98. The zero-order valence-electron chi connectivity index (χ0n) is 12.6. The molecule has 0 aliphatic carbocycles. The van der Waals surface area contributed by atoms with Crippen LogP contribution in [0.15, 0.2) is 29.4 Å². The highest BCUT2D eigenvalue weighted by Gasteiger charge is 2.12. The maximum absolute atomic E-state index is 11.9. The van der Waals surface area contributed by atoms with E-state index in [1.54, 1.807) is 24.3 Å². The number of nitrogens with one attached hydrogen (secondary N) is 1. The molecule has 0 radical (unpaired) electrons. The molecule has 0 aliphatic rings. The highest BCUT2D eigenvalue weighted by Crippen LogP contribution is 2.19. The fourth-order valence-corrected chi connectivity index (χ4v) is 2.68. The van der Waals surface area contributed by atoms with Crippen molar-refractivity contribution in [1.82, 2.24) is 25.5 Å². The smallest absolute Gasteiger partial charge is 0.230 e. The molecule has 22 heavy (non-hydrogen) atoms. The third kappa shape index (κ3) is 4.45. The van der Waals surface area contributed by atoms with E-state index in [1.165, 1.54) is 16.4 Å². The molecule has 1 atom stereocenters. The van der Waals surface area contributed by atoms with Gasteiger partial charge in [-0.15, -0.1) is 5.10 Å². The molecule has 0 spiro atoms. The van der Waals surface area contributed by atoms with Crippen molar-refractivity contribution in [2.24, 2.45) is 0 Å². The first-order valence-electron chi connectivity index (χ1n) is 7.10. The summed E-state index contributed by atoms with van der Waals surface area (Å²) in [6, 6.07) is 6.71. The van der Waals surface area contributed by atoms with Crippen molar-refractivity contribution in [3.63, 3.8) is 0 Å². The zero-order chi connectivity index (χ0) is 15.9. The van der Waals surface area contributed by atoms with E-state index in [0.717, 1.165) is 18.5 Å². The van der Waals surface area contributed by atoms with E-state index in [9.17, 15) is 9.90 Å². The van der Waals surface area contributed by atoms with Crippen molar-refractivity contribution >= 4 is 17.7 Å². The summed E-state index contributed by atoms with van der Waals surface area (Å²) in [7, 11) is 0. The van der Waals surface area contributed by atoms with Crippen LogP contribution in [0.5, 0.6) is 5.75 Å². The number of thioether (sulfide) groups is 1. The summed E-state index contributed by atoms with van der Waals surface area (Å²) in [5.41, 5.74) is 0.727. The van der Waals surface area contributed by atoms with Gasteiger partial charge in [0.05, 0.1) is 11.4 Å². The second kappa shape index (κ2) is 7.79. The normalized spacial score (nSPS) is 12.1. The summed E-state index contributed by atoms with van der Waals surface area (Å²) < 4.78 is 1.53. The van der Waals surface area contributed by atoms with Crippen LogP contribution in [0.1, 0.15) is 26.7 Å². The summed E-state index contributed by atoms with van der Waals surface area (Å²) >= 11 is 1.27. The Bertz CT molecular complexity index is 614. The Labute approximate surface area is 133 Å². The van der Waals surface area contributed by atoms with Gasteiger partial charge in [-0.3, -0.25) is 4.79 Å². The second-order valence-corrected chi connectivity index (χ2v) is 5.88. The number of rotatable bonds is 7. The van der Waals surface area contributed by atoms with Gasteiger partial charge in [-0.2, -0.15) is 4.68 Å². The maximum atomic E-state index is 11.9. The SMILES string of the molecule is CCC[C@H](C)NC(=O)CSc1nnnn1-c1ccc(O)cc1. The average molecular weight is 321 g/mol. The number of aromatic hydroxyl groups is 1. The third-order valence-corrected chi connectivity index (χ3v) is 3.92. The molecule has 1 heterocycles. The van der Waals surface area contributed by atoms with Crippen LogP contribution in [0, 0.1) is 0 Å². The van der Waals surface area contributed by atoms with Gasteiger partial charge < -0.3 is 10.4 Å². The van der Waals surface area contributed by atoms with Crippen molar-refractivity contribution < 1.29 is 9.90 Å². The molecule has 8 heteroatoms. The van der Waals surface area contributed by atoms with Gasteiger partial charge in [-0.05, 0) is 48.0 Å². The molecule has 0 bridgehead atoms. The molecule has 0 aliphatic heterocycles. The first-order valence-corrected chi connectivity index (χ1v) is 8.08. The number of carbonyl (C=O) groups is 1. The molecule has 0 saturated carbocycles. The van der Waals surface area contributed by atoms with Crippen molar-refractivity contribution in [2.75, 3.05) is 5.75 Å². The number of nitrogens with zero attached hydrogens (tertiary/aromatic N) is 4. The first-order chi connectivity index (χ1) is 10.6. The van der Waals surface area contributed by atoms with E-state index in [4.69, 9.17) is 0 Å². The monoisotopic (exact) mass is 321 g/mol. The number of carbonyl (C=O) groups excluding carboxylic acids is 1. The van der Waals surface area contributed by atoms with E-state index in [-0.39, 0.29) is 23.5 Å². The molecular formula is C14H19N5O2S. The van der Waals surface area contributed by atoms with Crippen LogP contribution < -0.4 is 5.32 Å². The summed E-state index contributed by atoms with van der Waals surface area (Å²) in [4.78, 5) is 11.9. The number of phenolic OH excluding ortho intramolecular Hbond substituents is 1. The summed E-state index contributed by atoms with van der Waals surface area (Å²) in [5, 5.41) is 24.2. The minimum atomic E-state index is -0.0359. The maximum Gasteiger partial charge on any atom is 0.230 e. The van der Waals surface area contributed by atoms with Gasteiger partial charge in [-0.1, -0.05) is 25.1 Å². The van der Waals surface area contributed by atoms with Crippen molar-refractivity contribution in [1.29, 1.82) is 0 Å². The highest BCUT2D eigenvalue weighted by molar-refractivity contribution is 7.99. The molecule has 1 amide bonds. The van der Waals surface area contributed by atoms with Gasteiger partial charge >= 0.3 is 0 Å². The predicted octanol–water partition coefficient (Wildman–Crippen LogP) is 1.76. The molecule has 2 aromatic rings. The number of hydrogen-bond donors (Lipinski definition) is 2. The number of aromatic nitrogens is 4. The van der Waals surface area contributed by atoms with Crippen LogP contribution in [0.25, 0.3) is 5.69 Å². The minimum Gasteiger partial charge on any atom is -0.508 e. The molecule has 0 unspecified atom stereocenters. The molecule has 1 aromatic carbocycles. The van der Waals surface area contributed by atoms with E-state index in [0.29, 0.717) is 5.16 Å². The fraction of sp³-hybridized carbons (Fsp3) is 0.429. The Morgan fingerprint density at radius 1 is 1.41 bits per heavy atom. The van der Waals surface area contributed by atoms with Crippen molar-refractivity contribution in [2.45, 2.75) is 37.9 Å². The lowest BCUT2D eigenvalue weighted by Crippen LogP contribution is -2.33. The zero-order valence-corrected chi connectivity index (χ0v) is 13.4. The molecule has 118 valence electrons. The van der Waals surface area contributed by atoms with Crippen LogP contribution in [0.3, 0.4) is 0 Å². The Morgan fingerprint density at radius 2 is 2.14 bits per heavy atom. The van der Waals surface area contributed by atoms with Gasteiger partial charge in [-0.25, -0.2) is 0 Å². The van der Waals surface area contributed by atoms with Gasteiger partial charge in [0.15, 0.2) is 0 Å². The second-order valence-electron chi connectivity index (χ2n) is 4.94. The molecule has 7 nitrogen and oxygen atoms in total. The van der Waals surface area contributed by atoms with E-state index in [2.05, 4.69) is 27.8 Å². The van der Waals surface area contributed by atoms with Crippen molar-refractivity contribution in [3.8, 4) is 11.4 Å². The molecule has 2 rings (SSSR count). The lowest BCUT2D eigenvalue weighted by atomic mass is 10.2. The van der Waals surface area contributed by atoms with E-state index in [1.807, 2.05) is 6.92 Å². The first kappa shape index (κ1) is 16.3. The quantitative estimate of drug-likeness (QED) is 0.755. The van der Waals surface area contributed by atoms with Crippen LogP contribution in [-0.4, -0.2) is 43.0 Å². The largest absolute Gasteiger partial charge is 0.508 e. The summed E-state index contributed by atoms with van der Waals surface area (Å²) in [6.07, 6.45) is 2.00. The Balaban J connectivity index is 1.96. The predicted molar refractivity (Wildman–Crippen MR) is 84.1 cm³/mol. The van der Waals surface area contributed by atoms with Gasteiger partial charge in [0.1, 0.15) is 5.75 Å². The Hall–Kier alpha value is -2.09. The van der Waals surface area contributed by atoms with Gasteiger partial charge in [0.25, 0.3) is 0 Å². The Morgan fingerprint density at radius 3 is 2.82 bits per heavy atom. The van der Waals surface area contributed by atoms with Crippen LogP contribution in [-0.2, 0) is 4.79 Å². The number of phenols is 1. The molecule has 0 fully saturated rings. The lowest BCUT2D eigenvalue weighted by molar-refractivity contribution is -0.119. The Kier molecular flexibility index (Phi) is 5.76. The van der Waals surface area contributed by atoms with Gasteiger partial charge in [0, 0.05) is 6.04 Å². The minimum absolute atomic E-state index is 0.0359. The molecule has 0 saturated heterocycles. The molecule has 1 aromatic heterocycles. The highest BCUT2D eigenvalue weighted by atomic mass is 32.2. The lowest BCUT2D eigenvalue weighted by Gasteiger charge is -2.12. The summed E-state index contributed by atoms with van der Waals surface area (Å²) in [6.45, 7) is 4.08. The van der Waals surface area contributed by atoms with Crippen molar-refractivity contribution in [3.05, 3.63) is 24.3 Å². The number of amides is 1. The topological polar surface area (TPSA) is 92.9 Å². The van der Waals surface area contributed by atoms with Crippen LogP contribution >= 0.6 is 11.8 Å². The molecular weight excluding hydrogens is 302 g/mol. The number of benzene rings is 1. The number of tetrazole rings is 1. The summed E-state index contributed by atoms with van der Waals surface area (Å²) in [5.74, 6) is 0.397. The van der Waals surface area contributed by atoms with E-state index >= 15 is 0 Å². The van der Waals surface area contributed by atoms with E-state index < -0.39 is 0 Å². The average Bonchev–Trinajstić information content (AvgIpc) is 2.94. The number of hydrogen-bond acceptors (Lipinski definition) is 6. The van der Waals surface area contributed by atoms with Gasteiger partial charge in [0.2, 0.25) is 11.1 Å². The standard InChI is InChI=1S/C14H19N5O2S/c1-3-4-10(2)15-13(21)9-22-14-16-17-18-19(14)11-5-7-12(20)8-6-11/h5-8,10,20H,3-4,9H2,1-2H3,(H,15,21)/t10-/m0/s1.